The van der Waals surface area contributed by atoms with Crippen LogP contribution in [-0.4, -0.2) is 31.3 Å². The van der Waals surface area contributed by atoms with E-state index in [1.54, 1.807) is 17.8 Å². The fourth-order valence-electron chi connectivity index (χ4n) is 2.61. The van der Waals surface area contributed by atoms with Crippen molar-refractivity contribution in [3.05, 3.63) is 47.6 Å². The molecule has 1 aromatic rings. The average Bonchev–Trinajstić information content (AvgIpc) is 2.66. The van der Waals surface area contributed by atoms with Crippen LogP contribution in [0, 0.1) is 0 Å². The summed E-state index contributed by atoms with van der Waals surface area (Å²) in [4.78, 5) is 24.5. The lowest BCUT2D eigenvalue weighted by atomic mass is 9.97. The van der Waals surface area contributed by atoms with Gasteiger partial charge < -0.3 is 10.1 Å². The molecule has 1 amide bonds. The monoisotopic (exact) mass is 359 g/mol. The highest BCUT2D eigenvalue weighted by Gasteiger charge is 2.07. The second kappa shape index (κ2) is 10.8. The normalized spacial score (nSPS) is 14.2. The maximum atomic E-state index is 11.7. The van der Waals surface area contributed by atoms with Crippen LogP contribution < -0.4 is 5.32 Å². The third-order valence-electron chi connectivity index (χ3n) is 4.03. The number of amides is 1. The van der Waals surface area contributed by atoms with Crippen molar-refractivity contribution in [2.45, 2.75) is 37.0 Å². The fourth-order valence-corrected chi connectivity index (χ4v) is 3.02. The van der Waals surface area contributed by atoms with Crippen molar-refractivity contribution in [1.29, 1.82) is 0 Å². The number of rotatable bonds is 8. The van der Waals surface area contributed by atoms with Crippen LogP contribution in [-0.2, 0) is 14.3 Å². The minimum absolute atomic E-state index is 0.242. The van der Waals surface area contributed by atoms with Crippen LogP contribution in [0.3, 0.4) is 0 Å². The van der Waals surface area contributed by atoms with E-state index in [2.05, 4.69) is 11.4 Å². The van der Waals surface area contributed by atoms with Crippen LogP contribution in [0.2, 0.25) is 0 Å². The van der Waals surface area contributed by atoms with Gasteiger partial charge in [0.15, 0.2) is 6.61 Å². The number of allylic oxidation sites excluding steroid dienone is 1. The Labute approximate surface area is 153 Å². The number of ether oxygens (including phenoxy) is 1. The van der Waals surface area contributed by atoms with Crippen molar-refractivity contribution in [1.82, 2.24) is 5.32 Å². The Morgan fingerprint density at radius 1 is 1.24 bits per heavy atom. The Bertz CT molecular complexity index is 635. The molecular formula is C20H25NO3S. The highest BCUT2D eigenvalue weighted by molar-refractivity contribution is 7.98. The zero-order valence-electron chi connectivity index (χ0n) is 14.6. The lowest BCUT2D eigenvalue weighted by molar-refractivity contribution is -0.143. The second-order valence-electron chi connectivity index (χ2n) is 5.92. The molecule has 5 heteroatoms. The number of benzene rings is 1. The van der Waals surface area contributed by atoms with E-state index in [4.69, 9.17) is 4.74 Å². The Hall–Kier alpha value is -2.01. The number of nitrogens with one attached hydrogen (secondary N) is 1. The Balaban J connectivity index is 1.63. The minimum atomic E-state index is -0.515. The summed E-state index contributed by atoms with van der Waals surface area (Å²) in [6, 6.07) is 7.85. The van der Waals surface area contributed by atoms with Crippen LogP contribution >= 0.6 is 11.8 Å². The summed E-state index contributed by atoms with van der Waals surface area (Å²) in [5.74, 6) is -0.776. The molecule has 0 aromatic heterocycles. The molecule has 25 heavy (non-hydrogen) atoms. The first kappa shape index (κ1) is 19.3. The van der Waals surface area contributed by atoms with Crippen molar-refractivity contribution in [3.8, 4) is 0 Å². The van der Waals surface area contributed by atoms with Gasteiger partial charge in [0.05, 0.1) is 0 Å². The SMILES string of the molecule is CSc1ccc(/C=C/C(=O)OCC(=O)NCCC2=CCCCC2)cc1. The van der Waals surface area contributed by atoms with Crippen molar-refractivity contribution >= 4 is 29.7 Å². The molecule has 0 fully saturated rings. The van der Waals surface area contributed by atoms with E-state index in [-0.39, 0.29) is 12.5 Å². The molecule has 0 spiro atoms. The summed E-state index contributed by atoms with van der Waals surface area (Å²) in [5, 5.41) is 2.79. The van der Waals surface area contributed by atoms with Gasteiger partial charge in [-0.3, -0.25) is 4.79 Å². The molecule has 1 aliphatic rings. The van der Waals surface area contributed by atoms with Gasteiger partial charge in [0, 0.05) is 17.5 Å². The molecule has 2 rings (SSSR count). The van der Waals surface area contributed by atoms with E-state index in [1.807, 2.05) is 30.5 Å². The smallest absolute Gasteiger partial charge is 0.331 e. The van der Waals surface area contributed by atoms with E-state index in [1.165, 1.54) is 29.4 Å². The van der Waals surface area contributed by atoms with Crippen molar-refractivity contribution < 1.29 is 14.3 Å². The van der Waals surface area contributed by atoms with Crippen molar-refractivity contribution in [2.75, 3.05) is 19.4 Å². The van der Waals surface area contributed by atoms with Gasteiger partial charge in [-0.15, -0.1) is 11.8 Å². The van der Waals surface area contributed by atoms with Gasteiger partial charge >= 0.3 is 5.97 Å². The van der Waals surface area contributed by atoms with Gasteiger partial charge in [-0.05, 0) is 62.1 Å². The van der Waals surface area contributed by atoms with Gasteiger partial charge in [-0.2, -0.15) is 0 Å². The quantitative estimate of drug-likeness (QED) is 0.330. The summed E-state index contributed by atoms with van der Waals surface area (Å²) in [7, 11) is 0. The molecule has 4 nitrogen and oxygen atoms in total. The van der Waals surface area contributed by atoms with Crippen LogP contribution in [0.15, 0.2) is 46.9 Å². The Morgan fingerprint density at radius 3 is 2.72 bits per heavy atom. The zero-order chi connectivity index (χ0) is 17.9. The maximum absolute atomic E-state index is 11.7. The summed E-state index contributed by atoms with van der Waals surface area (Å²) >= 11 is 1.66. The predicted octanol–water partition coefficient (Wildman–Crippen LogP) is 3.97. The van der Waals surface area contributed by atoms with Crippen molar-refractivity contribution in [3.63, 3.8) is 0 Å². The number of hydrogen-bond donors (Lipinski definition) is 1. The van der Waals surface area contributed by atoms with Crippen LogP contribution in [0.5, 0.6) is 0 Å². The van der Waals surface area contributed by atoms with Crippen molar-refractivity contribution in [2.24, 2.45) is 0 Å². The topological polar surface area (TPSA) is 55.4 Å². The fraction of sp³-hybridized carbons (Fsp3) is 0.400. The van der Waals surface area contributed by atoms with Crippen LogP contribution in [0.25, 0.3) is 6.08 Å². The third-order valence-corrected chi connectivity index (χ3v) is 4.77. The van der Waals surface area contributed by atoms with E-state index in [9.17, 15) is 9.59 Å². The maximum Gasteiger partial charge on any atom is 0.331 e. The third kappa shape index (κ3) is 7.61. The Morgan fingerprint density at radius 2 is 2.04 bits per heavy atom. The number of carbonyl (C=O) groups is 2. The highest BCUT2D eigenvalue weighted by atomic mass is 32.2. The second-order valence-corrected chi connectivity index (χ2v) is 6.80. The van der Waals surface area contributed by atoms with E-state index < -0.39 is 5.97 Å². The first-order valence-electron chi connectivity index (χ1n) is 8.61. The van der Waals surface area contributed by atoms with Gasteiger partial charge in [-0.1, -0.05) is 23.8 Å². The minimum Gasteiger partial charge on any atom is -0.452 e. The summed E-state index contributed by atoms with van der Waals surface area (Å²) in [5.41, 5.74) is 2.33. The molecule has 0 atom stereocenters. The molecule has 0 radical (unpaired) electrons. The molecule has 134 valence electrons. The molecule has 0 saturated carbocycles. The zero-order valence-corrected chi connectivity index (χ0v) is 15.4. The first-order chi connectivity index (χ1) is 12.2. The Kier molecular flexibility index (Phi) is 8.32. The number of hydrogen-bond acceptors (Lipinski definition) is 4. The lowest BCUT2D eigenvalue weighted by Crippen LogP contribution is -2.29. The first-order valence-corrected chi connectivity index (χ1v) is 9.83. The van der Waals surface area contributed by atoms with E-state index >= 15 is 0 Å². The molecule has 0 saturated heterocycles. The molecule has 1 aromatic carbocycles. The van der Waals surface area contributed by atoms with E-state index in [0.29, 0.717) is 6.54 Å². The predicted molar refractivity (Wildman–Crippen MR) is 102 cm³/mol. The van der Waals surface area contributed by atoms with Gasteiger partial charge in [0.2, 0.25) is 0 Å². The molecule has 0 bridgehead atoms. The number of esters is 1. The molecule has 0 unspecified atom stereocenters. The summed E-state index contributed by atoms with van der Waals surface area (Å²) in [6.45, 7) is 0.355. The highest BCUT2D eigenvalue weighted by Crippen LogP contribution is 2.19. The van der Waals surface area contributed by atoms with Gasteiger partial charge in [-0.25, -0.2) is 4.79 Å². The standard InChI is InChI=1S/C20H25NO3S/c1-25-18-10-7-17(8-11-18)9-12-20(23)24-15-19(22)21-14-13-16-5-3-2-4-6-16/h5,7-12H,2-4,6,13-15H2,1H3,(H,21,22)/b12-9+. The largest absolute Gasteiger partial charge is 0.452 e. The van der Waals surface area contributed by atoms with E-state index in [0.717, 1.165) is 24.8 Å². The van der Waals surface area contributed by atoms with Gasteiger partial charge in [0.25, 0.3) is 5.91 Å². The molecule has 1 N–H and O–H groups in total. The van der Waals surface area contributed by atoms with Crippen LogP contribution in [0.4, 0.5) is 0 Å². The molecule has 0 aliphatic heterocycles. The van der Waals surface area contributed by atoms with Gasteiger partial charge in [0.1, 0.15) is 0 Å². The molecule has 0 heterocycles. The molecule has 1 aliphatic carbocycles. The average molecular weight is 359 g/mol. The summed E-state index contributed by atoms with van der Waals surface area (Å²) < 4.78 is 4.96. The molecular weight excluding hydrogens is 334 g/mol. The lowest BCUT2D eigenvalue weighted by Gasteiger charge is -2.12. The number of carbonyl (C=O) groups excluding carboxylic acids is 2. The number of thioether (sulfide) groups is 1. The summed E-state index contributed by atoms with van der Waals surface area (Å²) in [6.07, 6.45) is 13.0. The van der Waals surface area contributed by atoms with Crippen LogP contribution in [0.1, 0.15) is 37.7 Å².